The maximum atomic E-state index is 12.3. The summed E-state index contributed by atoms with van der Waals surface area (Å²) in [6.07, 6.45) is 3.38. The molecule has 1 aliphatic heterocycles. The van der Waals surface area contributed by atoms with E-state index in [1.165, 1.54) is 12.0 Å². The Kier molecular flexibility index (Phi) is 7.86. The van der Waals surface area contributed by atoms with E-state index in [1.54, 1.807) is 16.2 Å². The van der Waals surface area contributed by atoms with Crippen molar-refractivity contribution in [3.05, 3.63) is 20.9 Å². The van der Waals surface area contributed by atoms with Crippen LogP contribution >= 0.6 is 11.3 Å². The highest BCUT2D eigenvalue weighted by atomic mass is 32.1. The molecule has 1 amide bonds. The summed E-state index contributed by atoms with van der Waals surface area (Å²) in [5, 5.41) is 0. The average Bonchev–Trinajstić information content (AvgIpc) is 3.00. The lowest BCUT2D eigenvalue weighted by molar-refractivity contribution is -0.107. The molecule has 7 heteroatoms. The standard InChI is InChI=1S/C22H33NO5S/c1-14(16-9-11-23(12-10-16)21(26)28-22(3,4)5)19-15(2)18(20(25)27-6)17(29-19)8-7-13-24/h13-14,16H,7-12H2,1-6H3. The Labute approximate surface area is 177 Å². The molecular formula is C22H33NO5S. The van der Waals surface area contributed by atoms with Gasteiger partial charge in [0.05, 0.1) is 12.7 Å². The van der Waals surface area contributed by atoms with Crippen molar-refractivity contribution in [1.29, 1.82) is 0 Å². The van der Waals surface area contributed by atoms with Crippen LogP contribution in [0.15, 0.2) is 0 Å². The van der Waals surface area contributed by atoms with Gasteiger partial charge in [-0.15, -0.1) is 11.3 Å². The fraction of sp³-hybridized carbons (Fsp3) is 0.682. The van der Waals surface area contributed by atoms with E-state index in [0.717, 1.165) is 29.6 Å². The third-order valence-corrected chi connectivity index (χ3v) is 7.00. The Balaban J connectivity index is 2.12. The van der Waals surface area contributed by atoms with E-state index in [4.69, 9.17) is 9.47 Å². The Bertz CT molecular complexity index is 741. The molecule has 162 valence electrons. The van der Waals surface area contributed by atoms with Gasteiger partial charge in [0.25, 0.3) is 0 Å². The second-order valence-corrected chi connectivity index (χ2v) is 9.82. The number of rotatable bonds is 6. The van der Waals surface area contributed by atoms with Crippen LogP contribution < -0.4 is 0 Å². The molecule has 1 atom stereocenters. The molecule has 0 spiro atoms. The number of aryl methyl sites for hydroxylation is 1. The van der Waals surface area contributed by atoms with Crippen LogP contribution in [0.3, 0.4) is 0 Å². The fourth-order valence-corrected chi connectivity index (χ4v) is 5.34. The Hall–Kier alpha value is -1.89. The first-order valence-corrected chi connectivity index (χ1v) is 11.0. The minimum atomic E-state index is -0.489. The molecule has 1 saturated heterocycles. The van der Waals surface area contributed by atoms with Gasteiger partial charge in [0.15, 0.2) is 0 Å². The molecule has 6 nitrogen and oxygen atoms in total. The zero-order valence-corrected chi connectivity index (χ0v) is 19.2. The van der Waals surface area contributed by atoms with Crippen molar-refractivity contribution in [3.8, 4) is 0 Å². The van der Waals surface area contributed by atoms with Crippen LogP contribution in [0.4, 0.5) is 4.79 Å². The van der Waals surface area contributed by atoms with Crippen LogP contribution in [0.25, 0.3) is 0 Å². The van der Waals surface area contributed by atoms with Gasteiger partial charge in [-0.25, -0.2) is 9.59 Å². The smallest absolute Gasteiger partial charge is 0.410 e. The van der Waals surface area contributed by atoms with Crippen molar-refractivity contribution in [1.82, 2.24) is 4.90 Å². The molecule has 2 rings (SSSR count). The number of nitrogens with zero attached hydrogens (tertiary/aromatic N) is 1. The molecule has 0 N–H and O–H groups in total. The van der Waals surface area contributed by atoms with Crippen LogP contribution in [0.5, 0.6) is 0 Å². The second kappa shape index (κ2) is 9.74. The van der Waals surface area contributed by atoms with Crippen LogP contribution in [0.1, 0.15) is 78.6 Å². The van der Waals surface area contributed by atoms with Crippen LogP contribution in [0.2, 0.25) is 0 Å². The normalized spacial score (nSPS) is 16.4. The summed E-state index contributed by atoms with van der Waals surface area (Å²) in [5.41, 5.74) is 1.09. The molecule has 29 heavy (non-hydrogen) atoms. The number of piperidine rings is 1. The SMILES string of the molecule is COC(=O)c1c(CCC=O)sc(C(C)C2CCN(C(=O)OC(C)(C)C)CC2)c1C. The number of aldehydes is 1. The minimum Gasteiger partial charge on any atom is -0.465 e. The van der Waals surface area contributed by atoms with Gasteiger partial charge in [0, 0.05) is 29.3 Å². The van der Waals surface area contributed by atoms with Crippen molar-refractivity contribution in [2.45, 2.75) is 71.8 Å². The summed E-state index contributed by atoms with van der Waals surface area (Å²) in [4.78, 5) is 39.3. The number of amides is 1. The molecule has 0 bridgehead atoms. The number of hydrogen-bond acceptors (Lipinski definition) is 6. The van der Waals surface area contributed by atoms with Crippen molar-refractivity contribution in [3.63, 3.8) is 0 Å². The van der Waals surface area contributed by atoms with Crippen molar-refractivity contribution in [2.24, 2.45) is 5.92 Å². The van der Waals surface area contributed by atoms with E-state index in [-0.39, 0.29) is 18.0 Å². The molecule has 0 aromatic carbocycles. The largest absolute Gasteiger partial charge is 0.465 e. The van der Waals surface area contributed by atoms with E-state index in [0.29, 0.717) is 37.4 Å². The summed E-state index contributed by atoms with van der Waals surface area (Å²) in [7, 11) is 1.39. The Morgan fingerprint density at radius 3 is 2.41 bits per heavy atom. The van der Waals surface area contributed by atoms with Gasteiger partial charge >= 0.3 is 12.1 Å². The lowest BCUT2D eigenvalue weighted by Gasteiger charge is -2.35. The molecule has 0 saturated carbocycles. The van der Waals surface area contributed by atoms with E-state index < -0.39 is 5.60 Å². The summed E-state index contributed by atoms with van der Waals surface area (Å²) in [6.45, 7) is 11.1. The minimum absolute atomic E-state index is 0.250. The van der Waals surface area contributed by atoms with Gasteiger partial charge in [-0.2, -0.15) is 0 Å². The molecular weight excluding hydrogens is 390 g/mol. The molecule has 1 fully saturated rings. The highest BCUT2D eigenvalue weighted by Crippen LogP contribution is 2.41. The topological polar surface area (TPSA) is 72.9 Å². The molecule has 1 aliphatic rings. The quantitative estimate of drug-likeness (QED) is 0.489. The highest BCUT2D eigenvalue weighted by Gasteiger charge is 2.32. The van der Waals surface area contributed by atoms with Crippen molar-refractivity contribution >= 4 is 29.7 Å². The van der Waals surface area contributed by atoms with Gasteiger partial charge in [-0.05, 0) is 64.4 Å². The molecule has 0 aliphatic carbocycles. The van der Waals surface area contributed by atoms with Crippen molar-refractivity contribution < 1.29 is 23.9 Å². The van der Waals surface area contributed by atoms with Crippen molar-refractivity contribution in [2.75, 3.05) is 20.2 Å². The average molecular weight is 424 g/mol. The Morgan fingerprint density at radius 2 is 1.90 bits per heavy atom. The predicted molar refractivity (Wildman–Crippen MR) is 114 cm³/mol. The summed E-state index contributed by atoms with van der Waals surface area (Å²) in [6, 6.07) is 0. The molecule has 1 unspecified atom stereocenters. The number of thiophene rings is 1. The van der Waals surface area contributed by atoms with Gasteiger partial charge in [0.1, 0.15) is 11.9 Å². The summed E-state index contributed by atoms with van der Waals surface area (Å²) >= 11 is 1.62. The molecule has 0 radical (unpaired) electrons. The van der Waals surface area contributed by atoms with Gasteiger partial charge in [0.2, 0.25) is 0 Å². The maximum absolute atomic E-state index is 12.3. The monoisotopic (exact) mass is 423 g/mol. The number of carbonyl (C=O) groups is 3. The van der Waals surface area contributed by atoms with Gasteiger partial charge in [-0.3, -0.25) is 0 Å². The first kappa shape index (κ1) is 23.4. The Morgan fingerprint density at radius 1 is 1.28 bits per heavy atom. The van der Waals surface area contributed by atoms with Gasteiger partial charge in [-0.1, -0.05) is 6.92 Å². The molecule has 1 aromatic heterocycles. The number of hydrogen-bond donors (Lipinski definition) is 0. The van der Waals surface area contributed by atoms with Gasteiger partial charge < -0.3 is 19.2 Å². The third kappa shape index (κ3) is 5.81. The number of ether oxygens (including phenoxy) is 2. The fourth-order valence-electron chi connectivity index (χ4n) is 3.88. The number of likely N-dealkylation sites (tertiary alicyclic amines) is 1. The molecule has 2 heterocycles. The molecule has 1 aromatic rings. The summed E-state index contributed by atoms with van der Waals surface area (Å²) in [5.74, 6) is 0.363. The highest BCUT2D eigenvalue weighted by molar-refractivity contribution is 7.12. The number of esters is 1. The zero-order valence-electron chi connectivity index (χ0n) is 18.4. The summed E-state index contributed by atoms with van der Waals surface area (Å²) < 4.78 is 10.5. The predicted octanol–water partition coefficient (Wildman–Crippen LogP) is 4.73. The van der Waals surface area contributed by atoms with E-state index in [9.17, 15) is 14.4 Å². The maximum Gasteiger partial charge on any atom is 0.410 e. The first-order chi connectivity index (χ1) is 13.6. The van der Waals surface area contributed by atoms with E-state index >= 15 is 0 Å². The van der Waals surface area contributed by atoms with Crippen LogP contribution in [-0.4, -0.2) is 49.0 Å². The zero-order chi connectivity index (χ0) is 21.8. The number of methoxy groups -OCH3 is 1. The lowest BCUT2D eigenvalue weighted by Crippen LogP contribution is -2.42. The van der Waals surface area contributed by atoms with Crippen LogP contribution in [-0.2, 0) is 20.7 Å². The van der Waals surface area contributed by atoms with E-state index in [1.807, 2.05) is 27.7 Å². The second-order valence-electron chi connectivity index (χ2n) is 8.68. The van der Waals surface area contributed by atoms with E-state index in [2.05, 4.69) is 6.92 Å². The number of carbonyl (C=O) groups excluding carboxylic acids is 3. The third-order valence-electron chi connectivity index (χ3n) is 5.45. The lowest BCUT2D eigenvalue weighted by atomic mass is 9.83. The first-order valence-electron chi connectivity index (χ1n) is 10.2. The van der Waals surface area contributed by atoms with Crippen LogP contribution in [0, 0.1) is 12.8 Å².